The number of nitrogens with two attached hydrogens (primary N) is 1. The Labute approximate surface area is 120 Å². The Kier molecular flexibility index (Phi) is 4.18. The first-order valence-electron chi connectivity index (χ1n) is 6.87. The van der Waals surface area contributed by atoms with E-state index in [1.807, 2.05) is 0 Å². The average molecular weight is 277 g/mol. The van der Waals surface area contributed by atoms with Crippen LogP contribution < -0.4 is 15.8 Å². The van der Waals surface area contributed by atoms with Gasteiger partial charge in [0.15, 0.2) is 0 Å². The van der Waals surface area contributed by atoms with Crippen molar-refractivity contribution in [1.82, 2.24) is 10.2 Å². The largest absolute Gasteiger partial charge is 0.497 e. The molecular weight excluding hydrogens is 254 g/mol. The SMILES string of the molecule is COc1cc(N)cc(C(=O)NCC2(N(C)C)CCC2)c1. The maximum Gasteiger partial charge on any atom is 0.251 e. The van der Waals surface area contributed by atoms with Gasteiger partial charge in [0, 0.05) is 29.4 Å². The number of benzene rings is 1. The average Bonchev–Trinajstić information content (AvgIpc) is 2.35. The van der Waals surface area contributed by atoms with Gasteiger partial charge in [-0.3, -0.25) is 4.79 Å². The number of anilines is 1. The van der Waals surface area contributed by atoms with E-state index in [4.69, 9.17) is 10.5 Å². The molecule has 0 heterocycles. The highest BCUT2D eigenvalue weighted by atomic mass is 16.5. The third kappa shape index (κ3) is 2.88. The zero-order chi connectivity index (χ0) is 14.8. The van der Waals surface area contributed by atoms with Crippen molar-refractivity contribution in [3.8, 4) is 5.75 Å². The minimum Gasteiger partial charge on any atom is -0.497 e. The van der Waals surface area contributed by atoms with Crippen molar-refractivity contribution < 1.29 is 9.53 Å². The first kappa shape index (κ1) is 14.7. The number of ether oxygens (including phenoxy) is 1. The Balaban J connectivity index is 2.03. The molecular formula is C15H23N3O2. The zero-order valence-electron chi connectivity index (χ0n) is 12.4. The number of carbonyl (C=O) groups is 1. The molecule has 0 saturated heterocycles. The molecule has 0 unspecified atom stereocenters. The van der Waals surface area contributed by atoms with E-state index in [2.05, 4.69) is 24.3 Å². The number of rotatable bonds is 5. The summed E-state index contributed by atoms with van der Waals surface area (Å²) in [5, 5.41) is 3.01. The Bertz CT molecular complexity index is 496. The van der Waals surface area contributed by atoms with E-state index in [-0.39, 0.29) is 11.4 Å². The molecule has 1 aromatic carbocycles. The van der Waals surface area contributed by atoms with Crippen LogP contribution in [0.15, 0.2) is 18.2 Å². The number of nitrogen functional groups attached to an aromatic ring is 1. The van der Waals surface area contributed by atoms with Gasteiger partial charge in [-0.2, -0.15) is 0 Å². The number of nitrogens with zero attached hydrogens (tertiary/aromatic N) is 1. The van der Waals surface area contributed by atoms with Crippen molar-refractivity contribution in [3.05, 3.63) is 23.8 Å². The molecule has 1 saturated carbocycles. The van der Waals surface area contributed by atoms with Crippen LogP contribution in [0.2, 0.25) is 0 Å². The molecule has 0 aromatic heterocycles. The Morgan fingerprint density at radius 2 is 2.10 bits per heavy atom. The molecule has 0 bridgehead atoms. The monoisotopic (exact) mass is 277 g/mol. The molecule has 3 N–H and O–H groups in total. The van der Waals surface area contributed by atoms with Gasteiger partial charge in [0.05, 0.1) is 7.11 Å². The van der Waals surface area contributed by atoms with E-state index in [0.29, 0.717) is 23.5 Å². The smallest absolute Gasteiger partial charge is 0.251 e. The van der Waals surface area contributed by atoms with Crippen molar-refractivity contribution in [2.24, 2.45) is 0 Å². The molecule has 1 amide bonds. The molecule has 20 heavy (non-hydrogen) atoms. The third-order valence-corrected chi connectivity index (χ3v) is 4.24. The standard InChI is InChI=1S/C15H23N3O2/c1-18(2)15(5-4-6-15)10-17-14(19)11-7-12(16)9-13(8-11)20-3/h7-9H,4-6,10,16H2,1-3H3,(H,17,19). The summed E-state index contributed by atoms with van der Waals surface area (Å²) in [5.41, 5.74) is 6.95. The second-order valence-corrected chi connectivity index (χ2v) is 5.65. The van der Waals surface area contributed by atoms with Crippen LogP contribution in [0.4, 0.5) is 5.69 Å². The molecule has 2 rings (SSSR count). The molecule has 0 atom stereocenters. The Hall–Kier alpha value is -1.75. The van der Waals surface area contributed by atoms with Crippen molar-refractivity contribution in [2.45, 2.75) is 24.8 Å². The van der Waals surface area contributed by atoms with Gasteiger partial charge in [-0.25, -0.2) is 0 Å². The van der Waals surface area contributed by atoms with E-state index in [0.717, 1.165) is 12.8 Å². The maximum atomic E-state index is 12.2. The van der Waals surface area contributed by atoms with Gasteiger partial charge >= 0.3 is 0 Å². The summed E-state index contributed by atoms with van der Waals surface area (Å²) in [6.07, 6.45) is 3.47. The van der Waals surface area contributed by atoms with E-state index in [1.165, 1.54) is 6.42 Å². The van der Waals surface area contributed by atoms with Gasteiger partial charge in [0.25, 0.3) is 5.91 Å². The van der Waals surface area contributed by atoms with Gasteiger partial charge in [-0.15, -0.1) is 0 Å². The zero-order valence-corrected chi connectivity index (χ0v) is 12.4. The fourth-order valence-corrected chi connectivity index (χ4v) is 2.58. The van der Waals surface area contributed by atoms with Crippen LogP contribution >= 0.6 is 0 Å². The van der Waals surface area contributed by atoms with E-state index in [9.17, 15) is 4.79 Å². The lowest BCUT2D eigenvalue weighted by Crippen LogP contribution is -2.57. The van der Waals surface area contributed by atoms with Crippen molar-refractivity contribution in [3.63, 3.8) is 0 Å². The number of carbonyl (C=O) groups excluding carboxylic acids is 1. The van der Waals surface area contributed by atoms with E-state index in [1.54, 1.807) is 25.3 Å². The summed E-state index contributed by atoms with van der Waals surface area (Å²) in [6, 6.07) is 5.07. The van der Waals surface area contributed by atoms with Crippen LogP contribution in [-0.2, 0) is 0 Å². The molecule has 5 nitrogen and oxygen atoms in total. The van der Waals surface area contributed by atoms with Crippen LogP contribution in [-0.4, -0.2) is 44.1 Å². The molecule has 0 spiro atoms. The van der Waals surface area contributed by atoms with E-state index < -0.39 is 0 Å². The summed E-state index contributed by atoms with van der Waals surface area (Å²) in [4.78, 5) is 14.4. The molecule has 1 aliphatic rings. The number of methoxy groups -OCH3 is 1. The predicted octanol–water partition coefficient (Wildman–Crippen LogP) is 1.49. The summed E-state index contributed by atoms with van der Waals surface area (Å²) >= 11 is 0. The van der Waals surface area contributed by atoms with Crippen LogP contribution in [0.5, 0.6) is 5.75 Å². The van der Waals surface area contributed by atoms with Gasteiger partial charge in [0.2, 0.25) is 0 Å². The van der Waals surface area contributed by atoms with Gasteiger partial charge < -0.3 is 20.7 Å². The maximum absolute atomic E-state index is 12.2. The van der Waals surface area contributed by atoms with Crippen LogP contribution in [0.3, 0.4) is 0 Å². The minimum absolute atomic E-state index is 0.108. The number of hydrogen-bond acceptors (Lipinski definition) is 4. The molecule has 1 aliphatic carbocycles. The van der Waals surface area contributed by atoms with Crippen LogP contribution in [0.1, 0.15) is 29.6 Å². The summed E-state index contributed by atoms with van der Waals surface area (Å²) < 4.78 is 5.13. The lowest BCUT2D eigenvalue weighted by molar-refractivity contribution is 0.0557. The lowest BCUT2D eigenvalue weighted by Gasteiger charge is -2.47. The number of nitrogens with one attached hydrogen (secondary N) is 1. The molecule has 5 heteroatoms. The number of likely N-dealkylation sites (N-methyl/N-ethyl adjacent to an activating group) is 1. The molecule has 1 fully saturated rings. The number of amides is 1. The highest BCUT2D eigenvalue weighted by Crippen LogP contribution is 2.35. The quantitative estimate of drug-likeness (QED) is 0.800. The minimum atomic E-state index is -0.108. The van der Waals surface area contributed by atoms with Gasteiger partial charge in [-0.1, -0.05) is 0 Å². The summed E-state index contributed by atoms with van der Waals surface area (Å²) in [5.74, 6) is 0.491. The van der Waals surface area contributed by atoms with Crippen LogP contribution in [0.25, 0.3) is 0 Å². The molecule has 1 aromatic rings. The Morgan fingerprint density at radius 3 is 2.60 bits per heavy atom. The Morgan fingerprint density at radius 1 is 1.40 bits per heavy atom. The summed E-state index contributed by atoms with van der Waals surface area (Å²) in [6.45, 7) is 0.663. The van der Waals surface area contributed by atoms with Crippen LogP contribution in [0, 0.1) is 0 Å². The molecule has 0 radical (unpaired) electrons. The number of hydrogen-bond donors (Lipinski definition) is 2. The van der Waals surface area contributed by atoms with Gasteiger partial charge in [-0.05, 0) is 45.5 Å². The summed E-state index contributed by atoms with van der Waals surface area (Å²) in [7, 11) is 5.69. The topological polar surface area (TPSA) is 67.6 Å². The van der Waals surface area contributed by atoms with Crippen molar-refractivity contribution in [2.75, 3.05) is 33.5 Å². The molecule has 110 valence electrons. The van der Waals surface area contributed by atoms with Crippen molar-refractivity contribution in [1.29, 1.82) is 0 Å². The predicted molar refractivity (Wildman–Crippen MR) is 80.0 cm³/mol. The second-order valence-electron chi connectivity index (χ2n) is 5.65. The first-order chi connectivity index (χ1) is 9.47. The van der Waals surface area contributed by atoms with Gasteiger partial charge in [0.1, 0.15) is 5.75 Å². The van der Waals surface area contributed by atoms with Crippen molar-refractivity contribution >= 4 is 11.6 Å². The normalized spacial score (nSPS) is 16.6. The third-order valence-electron chi connectivity index (χ3n) is 4.24. The highest BCUT2D eigenvalue weighted by molar-refractivity contribution is 5.95. The fourth-order valence-electron chi connectivity index (χ4n) is 2.58. The first-order valence-corrected chi connectivity index (χ1v) is 6.87. The fraction of sp³-hybridized carbons (Fsp3) is 0.533. The lowest BCUT2D eigenvalue weighted by atomic mass is 9.75. The second kappa shape index (κ2) is 5.71. The highest BCUT2D eigenvalue weighted by Gasteiger charge is 2.39. The van der Waals surface area contributed by atoms with E-state index >= 15 is 0 Å². The molecule has 0 aliphatic heterocycles.